The summed E-state index contributed by atoms with van der Waals surface area (Å²) in [6.45, 7) is 5.24. The highest BCUT2D eigenvalue weighted by molar-refractivity contribution is 8.01. The second kappa shape index (κ2) is 12.2. The van der Waals surface area contributed by atoms with Gasteiger partial charge in [0.15, 0.2) is 0 Å². The lowest BCUT2D eigenvalue weighted by Gasteiger charge is -2.40. The number of hydrogen-bond acceptors (Lipinski definition) is 4. The standard InChI is InChI=1S/C33H33NO4S/c1-32(2,3)38-31(37)34-28(30(35)36)29(24-16-8-4-9-17-24)39-33(25-18-10-5-11-19-25,26-20-12-6-13-21-26)27-22-14-7-15-23-27/h4-23,28-29H,1-3H3,(H,34,37)(H,35,36)/t28-,29+/m0/s1. The maximum absolute atomic E-state index is 12.9. The van der Waals surface area contributed by atoms with Gasteiger partial charge in [0.2, 0.25) is 0 Å². The minimum absolute atomic E-state index is 0.683. The van der Waals surface area contributed by atoms with Crippen molar-refractivity contribution in [3.63, 3.8) is 0 Å². The van der Waals surface area contributed by atoms with Crippen molar-refractivity contribution < 1.29 is 19.4 Å². The van der Waals surface area contributed by atoms with E-state index in [-0.39, 0.29) is 0 Å². The number of rotatable bonds is 9. The highest BCUT2D eigenvalue weighted by Crippen LogP contribution is 2.54. The van der Waals surface area contributed by atoms with E-state index in [9.17, 15) is 14.7 Å². The minimum Gasteiger partial charge on any atom is -0.480 e. The van der Waals surface area contributed by atoms with Crippen molar-refractivity contribution in [2.24, 2.45) is 0 Å². The van der Waals surface area contributed by atoms with Crippen LogP contribution in [0.3, 0.4) is 0 Å². The number of carbonyl (C=O) groups is 2. The monoisotopic (exact) mass is 539 g/mol. The molecule has 200 valence electrons. The summed E-state index contributed by atoms with van der Waals surface area (Å²) >= 11 is 1.49. The first-order chi connectivity index (χ1) is 18.7. The average Bonchev–Trinajstić information content (AvgIpc) is 2.94. The molecule has 2 N–H and O–H groups in total. The van der Waals surface area contributed by atoms with Crippen LogP contribution in [0.15, 0.2) is 121 Å². The molecule has 0 radical (unpaired) electrons. The zero-order valence-electron chi connectivity index (χ0n) is 22.3. The van der Waals surface area contributed by atoms with Crippen molar-refractivity contribution in [3.8, 4) is 0 Å². The zero-order valence-corrected chi connectivity index (χ0v) is 23.1. The largest absolute Gasteiger partial charge is 0.480 e. The molecule has 4 rings (SSSR count). The maximum atomic E-state index is 12.9. The van der Waals surface area contributed by atoms with E-state index in [0.29, 0.717) is 0 Å². The van der Waals surface area contributed by atoms with Crippen LogP contribution in [-0.4, -0.2) is 28.8 Å². The van der Waals surface area contributed by atoms with Gasteiger partial charge < -0.3 is 15.2 Å². The van der Waals surface area contributed by atoms with E-state index < -0.39 is 33.7 Å². The molecule has 4 aromatic carbocycles. The molecule has 1 amide bonds. The van der Waals surface area contributed by atoms with Crippen molar-refractivity contribution in [1.29, 1.82) is 0 Å². The predicted octanol–water partition coefficient (Wildman–Crippen LogP) is 7.43. The molecule has 0 heterocycles. The highest BCUT2D eigenvalue weighted by atomic mass is 32.2. The SMILES string of the molecule is CC(C)(C)OC(=O)N[C@H](C(=O)O)[C@H](SC(c1ccccc1)(c1ccccc1)c1ccccc1)c1ccccc1. The van der Waals surface area contributed by atoms with Gasteiger partial charge in [0.05, 0.1) is 10.00 Å². The Morgan fingerprint density at radius 3 is 1.44 bits per heavy atom. The number of ether oxygens (including phenoxy) is 1. The van der Waals surface area contributed by atoms with Gasteiger partial charge >= 0.3 is 12.1 Å². The van der Waals surface area contributed by atoms with Crippen LogP contribution in [0.25, 0.3) is 0 Å². The molecule has 2 atom stereocenters. The van der Waals surface area contributed by atoms with E-state index in [1.165, 1.54) is 11.8 Å². The Labute approximate surface area is 234 Å². The summed E-state index contributed by atoms with van der Waals surface area (Å²) in [7, 11) is 0. The number of thioether (sulfide) groups is 1. The average molecular weight is 540 g/mol. The van der Waals surface area contributed by atoms with Crippen LogP contribution >= 0.6 is 11.8 Å². The van der Waals surface area contributed by atoms with E-state index in [1.54, 1.807) is 20.8 Å². The fourth-order valence-electron chi connectivity index (χ4n) is 4.59. The molecule has 4 aromatic rings. The van der Waals surface area contributed by atoms with Crippen LogP contribution in [0.1, 0.15) is 48.3 Å². The Balaban J connectivity index is 1.94. The summed E-state index contributed by atoms with van der Waals surface area (Å²) in [4.78, 5) is 25.7. The van der Waals surface area contributed by atoms with Gasteiger partial charge in [0, 0.05) is 0 Å². The predicted molar refractivity (Wildman–Crippen MR) is 157 cm³/mol. The molecule has 0 aliphatic heterocycles. The van der Waals surface area contributed by atoms with Crippen molar-refractivity contribution >= 4 is 23.8 Å². The van der Waals surface area contributed by atoms with Gasteiger partial charge in [0.1, 0.15) is 11.6 Å². The van der Waals surface area contributed by atoms with Gasteiger partial charge in [-0.05, 0) is 43.0 Å². The number of carboxylic acid groups (broad SMARTS) is 1. The maximum Gasteiger partial charge on any atom is 0.408 e. The molecule has 6 heteroatoms. The molecule has 0 fully saturated rings. The Kier molecular flexibility index (Phi) is 8.77. The molecule has 0 unspecified atom stereocenters. The Morgan fingerprint density at radius 1 is 0.692 bits per heavy atom. The smallest absolute Gasteiger partial charge is 0.408 e. The Bertz CT molecular complexity index is 1260. The van der Waals surface area contributed by atoms with Crippen molar-refractivity contribution in [2.45, 2.75) is 42.4 Å². The first-order valence-corrected chi connectivity index (χ1v) is 13.7. The topological polar surface area (TPSA) is 75.6 Å². The molecule has 5 nitrogen and oxygen atoms in total. The minimum atomic E-state index is -1.28. The molecule has 0 aromatic heterocycles. The second-order valence-corrected chi connectivity index (χ2v) is 11.5. The van der Waals surface area contributed by atoms with Crippen molar-refractivity contribution in [3.05, 3.63) is 144 Å². The molecule has 0 aliphatic carbocycles. The molecule has 0 bridgehead atoms. The Hall–Kier alpha value is -4.03. The number of hydrogen-bond donors (Lipinski definition) is 2. The molecule has 39 heavy (non-hydrogen) atoms. The van der Waals surface area contributed by atoms with Crippen LogP contribution in [0, 0.1) is 0 Å². The number of carboxylic acids is 1. The quantitative estimate of drug-likeness (QED) is 0.216. The Morgan fingerprint density at radius 2 is 1.08 bits per heavy atom. The van der Waals surface area contributed by atoms with Crippen LogP contribution in [0.5, 0.6) is 0 Å². The normalized spacial score (nSPS) is 13.2. The number of carbonyl (C=O) groups excluding carboxylic acids is 1. The van der Waals surface area contributed by atoms with Gasteiger partial charge in [-0.25, -0.2) is 9.59 Å². The van der Waals surface area contributed by atoms with E-state index in [4.69, 9.17) is 4.74 Å². The van der Waals surface area contributed by atoms with Crippen molar-refractivity contribution in [2.75, 3.05) is 0 Å². The summed E-state index contributed by atoms with van der Waals surface area (Å²) in [5, 5.41) is 12.5. The summed E-state index contributed by atoms with van der Waals surface area (Å²) in [6, 6.07) is 38.4. The lowest BCUT2D eigenvalue weighted by Crippen LogP contribution is -2.47. The number of benzene rings is 4. The molecule has 0 saturated heterocycles. The first kappa shape index (κ1) is 28.0. The van der Waals surface area contributed by atoms with E-state index in [1.807, 2.05) is 84.9 Å². The zero-order chi connectivity index (χ0) is 27.9. The van der Waals surface area contributed by atoms with Gasteiger partial charge in [-0.1, -0.05) is 121 Å². The molecule has 0 saturated carbocycles. The van der Waals surface area contributed by atoms with E-state index in [0.717, 1.165) is 22.3 Å². The molecule has 0 aliphatic rings. The van der Waals surface area contributed by atoms with Gasteiger partial charge in [0.25, 0.3) is 0 Å². The number of amides is 1. The fourth-order valence-corrected chi connectivity index (χ4v) is 6.40. The van der Waals surface area contributed by atoms with Crippen LogP contribution in [0.2, 0.25) is 0 Å². The number of alkyl carbamates (subject to hydrolysis) is 1. The van der Waals surface area contributed by atoms with Crippen LogP contribution in [0.4, 0.5) is 4.79 Å². The van der Waals surface area contributed by atoms with Gasteiger partial charge in [-0.15, -0.1) is 11.8 Å². The second-order valence-electron chi connectivity index (χ2n) is 10.2. The van der Waals surface area contributed by atoms with E-state index >= 15 is 0 Å². The summed E-state index contributed by atoms with van der Waals surface area (Å²) < 4.78 is 4.67. The molecular weight excluding hydrogens is 506 g/mol. The van der Waals surface area contributed by atoms with Crippen LogP contribution in [-0.2, 0) is 14.3 Å². The molecular formula is C33H33NO4S. The fraction of sp³-hybridized carbons (Fsp3) is 0.212. The molecule has 0 spiro atoms. The third-order valence-corrected chi connectivity index (χ3v) is 8.07. The van der Waals surface area contributed by atoms with Gasteiger partial charge in [-0.3, -0.25) is 0 Å². The van der Waals surface area contributed by atoms with Gasteiger partial charge in [-0.2, -0.15) is 0 Å². The third kappa shape index (κ3) is 6.70. The summed E-state index contributed by atoms with van der Waals surface area (Å²) in [5.74, 6) is -1.15. The summed E-state index contributed by atoms with van der Waals surface area (Å²) in [6.07, 6.45) is -0.777. The van der Waals surface area contributed by atoms with E-state index in [2.05, 4.69) is 41.7 Å². The number of aliphatic carboxylic acids is 1. The lowest BCUT2D eigenvalue weighted by molar-refractivity contribution is -0.139. The number of nitrogens with one attached hydrogen (secondary N) is 1. The third-order valence-electron chi connectivity index (χ3n) is 6.21. The first-order valence-electron chi connectivity index (χ1n) is 12.8. The summed E-state index contributed by atoms with van der Waals surface area (Å²) in [5.41, 5.74) is 2.99. The highest BCUT2D eigenvalue weighted by Gasteiger charge is 2.44. The van der Waals surface area contributed by atoms with Crippen molar-refractivity contribution in [1.82, 2.24) is 5.32 Å². The lowest BCUT2D eigenvalue weighted by atomic mass is 9.84. The van der Waals surface area contributed by atoms with Crippen LogP contribution < -0.4 is 5.32 Å².